The van der Waals surface area contributed by atoms with Crippen LogP contribution in [-0.4, -0.2) is 49.5 Å². The molecule has 1 fully saturated rings. The quantitative estimate of drug-likeness (QED) is 0.911. The molecule has 0 aliphatic carbocycles. The molecule has 2 N–H and O–H groups in total. The van der Waals surface area contributed by atoms with Gasteiger partial charge in [0.2, 0.25) is 0 Å². The number of hydrogen-bond donors (Lipinski definition) is 1. The van der Waals surface area contributed by atoms with E-state index in [1.807, 2.05) is 6.92 Å². The molecule has 1 aromatic rings. The smallest absolute Gasteiger partial charge is 0.138 e. The van der Waals surface area contributed by atoms with Gasteiger partial charge in [0.25, 0.3) is 0 Å². The Kier molecular flexibility index (Phi) is 4.39. The summed E-state index contributed by atoms with van der Waals surface area (Å²) in [5.41, 5.74) is 6.85. The van der Waals surface area contributed by atoms with E-state index in [0.29, 0.717) is 5.82 Å². The second kappa shape index (κ2) is 5.77. The maximum Gasteiger partial charge on any atom is 0.138 e. The van der Waals surface area contributed by atoms with Gasteiger partial charge in [-0.25, -0.2) is 9.97 Å². The Morgan fingerprint density at radius 3 is 2.05 bits per heavy atom. The van der Waals surface area contributed by atoms with Gasteiger partial charge in [-0.2, -0.15) is 0 Å². The van der Waals surface area contributed by atoms with Gasteiger partial charge in [-0.15, -0.1) is 0 Å². The largest absolute Gasteiger partial charge is 0.383 e. The van der Waals surface area contributed by atoms with Crippen LogP contribution in [0.25, 0.3) is 0 Å². The number of nitrogen functional groups attached to an aromatic ring is 1. The summed E-state index contributed by atoms with van der Waals surface area (Å²) in [4.78, 5) is 11.4. The first kappa shape index (κ1) is 16.0. The maximum atomic E-state index is 6.08. The molecule has 0 radical (unpaired) electrons. The van der Waals surface area contributed by atoms with E-state index < -0.39 is 0 Å². The first-order valence-corrected chi connectivity index (χ1v) is 7.23. The minimum absolute atomic E-state index is 0.0451. The van der Waals surface area contributed by atoms with Crippen molar-refractivity contribution >= 4 is 11.6 Å². The van der Waals surface area contributed by atoms with Crippen LogP contribution in [0.4, 0.5) is 11.6 Å². The molecule has 6 nitrogen and oxygen atoms in total. The van der Waals surface area contributed by atoms with Crippen LogP contribution in [0.5, 0.6) is 0 Å². The third-order valence-electron chi connectivity index (χ3n) is 3.95. The molecule has 1 aliphatic heterocycles. The standard InChI is InChI=1S/C15H26N4O2/c1-9-12(16)17-14(15(2,3)4)18-13(9)19-7-10(20-5)11(8-19)21-6/h10-11H,7-8H2,1-6H3,(H2,16,17,18). The maximum absolute atomic E-state index is 6.08. The van der Waals surface area contributed by atoms with Crippen molar-refractivity contribution in [1.82, 2.24) is 9.97 Å². The number of methoxy groups -OCH3 is 2. The fraction of sp³-hybridized carbons (Fsp3) is 0.733. The van der Waals surface area contributed by atoms with Gasteiger partial charge in [0.1, 0.15) is 29.7 Å². The molecule has 0 bridgehead atoms. The summed E-state index contributed by atoms with van der Waals surface area (Å²) in [5, 5.41) is 0. The fourth-order valence-corrected chi connectivity index (χ4v) is 2.53. The molecule has 2 atom stereocenters. The highest BCUT2D eigenvalue weighted by Crippen LogP contribution is 2.30. The molecule has 1 aromatic heterocycles. The molecular formula is C15H26N4O2. The van der Waals surface area contributed by atoms with E-state index in [0.717, 1.165) is 30.3 Å². The molecule has 1 saturated heterocycles. The van der Waals surface area contributed by atoms with E-state index in [1.165, 1.54) is 0 Å². The van der Waals surface area contributed by atoms with Gasteiger partial charge in [-0.05, 0) is 6.92 Å². The first-order valence-electron chi connectivity index (χ1n) is 7.23. The summed E-state index contributed by atoms with van der Waals surface area (Å²) in [6.45, 7) is 9.70. The van der Waals surface area contributed by atoms with Crippen LogP contribution >= 0.6 is 0 Å². The van der Waals surface area contributed by atoms with E-state index in [4.69, 9.17) is 20.2 Å². The van der Waals surface area contributed by atoms with E-state index in [-0.39, 0.29) is 17.6 Å². The Labute approximate surface area is 126 Å². The summed E-state index contributed by atoms with van der Waals surface area (Å²) < 4.78 is 11.0. The normalized spacial score (nSPS) is 22.9. The Morgan fingerprint density at radius 2 is 1.62 bits per heavy atom. The molecule has 2 rings (SSSR count). The summed E-state index contributed by atoms with van der Waals surface area (Å²) in [5.74, 6) is 2.18. The lowest BCUT2D eigenvalue weighted by Crippen LogP contribution is -2.27. The van der Waals surface area contributed by atoms with Gasteiger partial charge in [0, 0.05) is 38.3 Å². The Morgan fingerprint density at radius 1 is 1.10 bits per heavy atom. The Hall–Kier alpha value is -1.40. The van der Waals surface area contributed by atoms with E-state index in [9.17, 15) is 0 Å². The number of hydrogen-bond acceptors (Lipinski definition) is 6. The SMILES string of the molecule is COC1CN(c2nc(C(C)(C)C)nc(N)c2C)CC1OC. The number of nitrogens with two attached hydrogens (primary N) is 1. The van der Waals surface area contributed by atoms with Crippen molar-refractivity contribution in [1.29, 1.82) is 0 Å². The minimum Gasteiger partial charge on any atom is -0.383 e. The lowest BCUT2D eigenvalue weighted by molar-refractivity contribution is -0.00461. The predicted molar refractivity (Wildman–Crippen MR) is 83.7 cm³/mol. The van der Waals surface area contributed by atoms with Crippen LogP contribution < -0.4 is 10.6 Å². The third kappa shape index (κ3) is 3.11. The van der Waals surface area contributed by atoms with Gasteiger partial charge in [0.05, 0.1) is 0 Å². The summed E-state index contributed by atoms with van der Waals surface area (Å²) in [6.07, 6.45) is 0.0901. The first-order chi connectivity index (χ1) is 9.77. The lowest BCUT2D eigenvalue weighted by atomic mass is 9.95. The van der Waals surface area contributed by atoms with Gasteiger partial charge >= 0.3 is 0 Å². The second-order valence-corrected chi connectivity index (χ2v) is 6.58. The lowest BCUT2D eigenvalue weighted by Gasteiger charge is -2.24. The zero-order valence-corrected chi connectivity index (χ0v) is 13.8. The summed E-state index contributed by atoms with van der Waals surface area (Å²) in [7, 11) is 3.42. The zero-order chi connectivity index (χ0) is 15.8. The minimum atomic E-state index is -0.141. The van der Waals surface area contributed by atoms with Crippen molar-refractivity contribution < 1.29 is 9.47 Å². The zero-order valence-electron chi connectivity index (χ0n) is 13.8. The van der Waals surface area contributed by atoms with E-state index >= 15 is 0 Å². The van der Waals surface area contributed by atoms with Crippen LogP contribution in [0, 0.1) is 6.92 Å². The van der Waals surface area contributed by atoms with Crippen LogP contribution in [0.15, 0.2) is 0 Å². The van der Waals surface area contributed by atoms with E-state index in [2.05, 4.69) is 30.7 Å². The number of anilines is 2. The second-order valence-electron chi connectivity index (χ2n) is 6.58. The highest BCUT2D eigenvalue weighted by atomic mass is 16.5. The summed E-state index contributed by atoms with van der Waals surface area (Å²) >= 11 is 0. The predicted octanol–water partition coefficient (Wildman–Crippen LogP) is 1.51. The highest BCUT2D eigenvalue weighted by molar-refractivity contribution is 5.57. The molecule has 0 saturated carbocycles. The van der Waals surface area contributed by atoms with Crippen molar-refractivity contribution in [2.24, 2.45) is 0 Å². The van der Waals surface area contributed by atoms with Gasteiger partial charge < -0.3 is 20.1 Å². The molecule has 0 amide bonds. The molecular weight excluding hydrogens is 268 g/mol. The third-order valence-corrected chi connectivity index (χ3v) is 3.95. The van der Waals surface area contributed by atoms with E-state index in [1.54, 1.807) is 14.2 Å². The van der Waals surface area contributed by atoms with Crippen LogP contribution in [0.3, 0.4) is 0 Å². The van der Waals surface area contributed by atoms with Crippen LogP contribution in [0.1, 0.15) is 32.2 Å². The number of rotatable bonds is 3. The molecule has 2 heterocycles. The van der Waals surface area contributed by atoms with Crippen molar-refractivity contribution in [3.63, 3.8) is 0 Å². The molecule has 118 valence electrons. The van der Waals surface area contributed by atoms with Crippen LogP contribution in [0.2, 0.25) is 0 Å². The van der Waals surface area contributed by atoms with Crippen molar-refractivity contribution in [2.45, 2.75) is 45.3 Å². The van der Waals surface area contributed by atoms with Crippen LogP contribution in [-0.2, 0) is 14.9 Å². The van der Waals surface area contributed by atoms with Gasteiger partial charge in [-0.3, -0.25) is 0 Å². The fourth-order valence-electron chi connectivity index (χ4n) is 2.53. The van der Waals surface area contributed by atoms with Gasteiger partial charge in [-0.1, -0.05) is 20.8 Å². The molecule has 1 aliphatic rings. The van der Waals surface area contributed by atoms with Crippen molar-refractivity contribution in [3.05, 3.63) is 11.4 Å². The van der Waals surface area contributed by atoms with Crippen molar-refractivity contribution in [3.8, 4) is 0 Å². The topological polar surface area (TPSA) is 73.5 Å². The molecule has 0 aromatic carbocycles. The van der Waals surface area contributed by atoms with Crippen molar-refractivity contribution in [2.75, 3.05) is 37.9 Å². The highest BCUT2D eigenvalue weighted by Gasteiger charge is 2.35. The Balaban J connectivity index is 2.38. The number of aromatic nitrogens is 2. The summed E-state index contributed by atoms with van der Waals surface area (Å²) in [6, 6.07) is 0. The number of ether oxygens (including phenoxy) is 2. The average molecular weight is 294 g/mol. The molecule has 6 heteroatoms. The Bertz CT molecular complexity index is 501. The molecule has 2 unspecified atom stereocenters. The molecule has 0 spiro atoms. The van der Waals surface area contributed by atoms with Gasteiger partial charge in [0.15, 0.2) is 0 Å². The monoisotopic (exact) mass is 294 g/mol. The number of nitrogens with zero attached hydrogens (tertiary/aromatic N) is 3. The molecule has 21 heavy (non-hydrogen) atoms. The average Bonchev–Trinajstić information content (AvgIpc) is 2.83.